The fourth-order valence-electron chi connectivity index (χ4n) is 3.91. The third-order valence-electron chi connectivity index (χ3n) is 5.49. The van der Waals surface area contributed by atoms with Crippen molar-refractivity contribution in [1.82, 2.24) is 38.8 Å². The smallest absolute Gasteiger partial charge is 0.266 e. The fourth-order valence-corrected chi connectivity index (χ4v) is 3.91. The number of imidazole rings is 1. The summed E-state index contributed by atoms with van der Waals surface area (Å²) in [4.78, 5) is 23.1. The van der Waals surface area contributed by atoms with Crippen LogP contribution in [0.1, 0.15) is 18.5 Å². The Kier molecular flexibility index (Phi) is 4.83. The molecule has 0 spiro atoms. The molecule has 0 bridgehead atoms. The van der Waals surface area contributed by atoms with E-state index in [0.29, 0.717) is 18.3 Å². The highest BCUT2D eigenvalue weighted by Gasteiger charge is 2.21. The van der Waals surface area contributed by atoms with Gasteiger partial charge < -0.3 is 4.40 Å². The van der Waals surface area contributed by atoms with Gasteiger partial charge in [-0.1, -0.05) is 0 Å². The first-order valence-corrected chi connectivity index (χ1v) is 9.93. The number of hydrogen-bond acceptors (Lipinski definition) is 6. The van der Waals surface area contributed by atoms with Crippen molar-refractivity contribution >= 4 is 5.65 Å². The monoisotopic (exact) mass is 408 g/mol. The van der Waals surface area contributed by atoms with Gasteiger partial charge in [-0.05, 0) is 50.0 Å². The first-order valence-electron chi connectivity index (χ1n) is 9.93. The van der Waals surface area contributed by atoms with Gasteiger partial charge in [-0.25, -0.2) is 23.7 Å². The molecule has 5 heterocycles. The molecule has 1 aliphatic heterocycles. The number of aromatic nitrogens is 7. The number of pyridine rings is 1. The summed E-state index contributed by atoms with van der Waals surface area (Å²) in [6.07, 6.45) is 8.27. The standard InChI is InChI=1S/C20H21FN8O/c21-16-1-2-18-24-17(12-27(18)10-16)11-26-7-5-15(6-8-26)9-28-20(30)4-3-19(25-28)29-14-22-13-23-29/h1-4,10,12-15H,5-9,11H2. The van der Waals surface area contributed by atoms with Crippen LogP contribution in [0.4, 0.5) is 4.39 Å². The summed E-state index contributed by atoms with van der Waals surface area (Å²) >= 11 is 0. The molecule has 0 saturated carbocycles. The highest BCUT2D eigenvalue weighted by molar-refractivity contribution is 5.39. The van der Waals surface area contributed by atoms with Crippen molar-refractivity contribution in [2.24, 2.45) is 5.92 Å². The van der Waals surface area contributed by atoms with Crippen molar-refractivity contribution in [3.63, 3.8) is 0 Å². The van der Waals surface area contributed by atoms with Crippen LogP contribution in [0.15, 0.2) is 54.1 Å². The highest BCUT2D eigenvalue weighted by atomic mass is 19.1. The highest BCUT2D eigenvalue weighted by Crippen LogP contribution is 2.20. The van der Waals surface area contributed by atoms with E-state index in [1.165, 1.54) is 29.3 Å². The molecule has 0 aliphatic carbocycles. The summed E-state index contributed by atoms with van der Waals surface area (Å²) in [7, 11) is 0. The Bertz CT molecular complexity index is 1210. The zero-order chi connectivity index (χ0) is 20.5. The second-order valence-electron chi connectivity index (χ2n) is 7.62. The molecule has 1 saturated heterocycles. The van der Waals surface area contributed by atoms with Crippen LogP contribution in [0.25, 0.3) is 11.5 Å². The van der Waals surface area contributed by atoms with Crippen LogP contribution in [0, 0.1) is 11.7 Å². The third-order valence-corrected chi connectivity index (χ3v) is 5.49. The average molecular weight is 408 g/mol. The Balaban J connectivity index is 1.21. The van der Waals surface area contributed by atoms with Crippen molar-refractivity contribution in [2.45, 2.75) is 25.9 Å². The molecule has 9 nitrogen and oxygen atoms in total. The maximum atomic E-state index is 13.4. The second-order valence-corrected chi connectivity index (χ2v) is 7.62. The summed E-state index contributed by atoms with van der Waals surface area (Å²) in [5, 5.41) is 8.50. The maximum Gasteiger partial charge on any atom is 0.266 e. The largest absolute Gasteiger partial charge is 0.304 e. The van der Waals surface area contributed by atoms with Crippen LogP contribution in [0.2, 0.25) is 0 Å². The molecule has 0 atom stereocenters. The van der Waals surface area contributed by atoms with Gasteiger partial charge in [0, 0.05) is 31.5 Å². The Morgan fingerprint density at radius 1 is 1.10 bits per heavy atom. The van der Waals surface area contributed by atoms with Crippen LogP contribution >= 0.6 is 0 Å². The molecule has 5 rings (SSSR count). The number of hydrogen-bond donors (Lipinski definition) is 0. The van der Waals surface area contributed by atoms with Gasteiger partial charge in [0.25, 0.3) is 5.56 Å². The van der Waals surface area contributed by atoms with Gasteiger partial charge in [0.15, 0.2) is 5.82 Å². The SMILES string of the molecule is O=c1ccc(-n2cncn2)nn1CC1CCN(Cc2cn3cc(F)ccc3n2)CC1. The number of fused-ring (bicyclic) bond motifs is 1. The van der Waals surface area contributed by atoms with Crippen LogP contribution < -0.4 is 5.56 Å². The van der Waals surface area contributed by atoms with E-state index in [9.17, 15) is 9.18 Å². The van der Waals surface area contributed by atoms with Crippen LogP contribution in [0.5, 0.6) is 0 Å². The van der Waals surface area contributed by atoms with Crippen molar-refractivity contribution in [1.29, 1.82) is 0 Å². The van der Waals surface area contributed by atoms with Gasteiger partial charge in [0.1, 0.15) is 24.1 Å². The molecule has 0 N–H and O–H groups in total. The molecule has 154 valence electrons. The van der Waals surface area contributed by atoms with Crippen molar-refractivity contribution in [3.8, 4) is 5.82 Å². The van der Waals surface area contributed by atoms with Gasteiger partial charge >= 0.3 is 0 Å². The Hall–Kier alpha value is -3.40. The van der Waals surface area contributed by atoms with E-state index in [2.05, 4.69) is 25.1 Å². The molecule has 30 heavy (non-hydrogen) atoms. The number of rotatable bonds is 5. The maximum absolute atomic E-state index is 13.4. The number of piperidine rings is 1. The predicted octanol–water partition coefficient (Wildman–Crippen LogP) is 1.52. The van der Waals surface area contributed by atoms with Gasteiger partial charge in [0.05, 0.1) is 5.69 Å². The van der Waals surface area contributed by atoms with E-state index in [0.717, 1.165) is 43.8 Å². The van der Waals surface area contributed by atoms with Crippen molar-refractivity contribution < 1.29 is 4.39 Å². The molecule has 4 aromatic heterocycles. The molecule has 1 aliphatic rings. The third kappa shape index (κ3) is 3.86. The van der Waals surface area contributed by atoms with Crippen LogP contribution in [0.3, 0.4) is 0 Å². The minimum atomic E-state index is -0.274. The first-order chi connectivity index (χ1) is 14.6. The molecule has 0 radical (unpaired) electrons. The topological polar surface area (TPSA) is 86.1 Å². The average Bonchev–Trinajstić information content (AvgIpc) is 3.40. The Morgan fingerprint density at radius 2 is 1.97 bits per heavy atom. The second kappa shape index (κ2) is 7.79. The van der Waals surface area contributed by atoms with Gasteiger partial charge in [-0.3, -0.25) is 9.69 Å². The first kappa shape index (κ1) is 18.6. The van der Waals surface area contributed by atoms with E-state index in [4.69, 9.17) is 0 Å². The molecular formula is C20H21FN8O. The van der Waals surface area contributed by atoms with Gasteiger partial charge in [-0.2, -0.15) is 5.10 Å². The molecule has 0 amide bonds. The summed E-state index contributed by atoms with van der Waals surface area (Å²) in [6.45, 7) is 3.16. The zero-order valence-corrected chi connectivity index (χ0v) is 16.3. The summed E-state index contributed by atoms with van der Waals surface area (Å²) in [5.41, 5.74) is 1.56. The molecular weight excluding hydrogens is 387 g/mol. The molecule has 0 aromatic carbocycles. The van der Waals surface area contributed by atoms with Crippen molar-refractivity contribution in [3.05, 3.63) is 71.2 Å². The normalized spacial score (nSPS) is 15.8. The summed E-state index contributed by atoms with van der Waals surface area (Å²) < 4.78 is 18.1. The van der Waals surface area contributed by atoms with E-state index >= 15 is 0 Å². The van der Waals surface area contributed by atoms with Crippen LogP contribution in [-0.4, -0.2) is 51.9 Å². The lowest BCUT2D eigenvalue weighted by Crippen LogP contribution is -2.36. The lowest BCUT2D eigenvalue weighted by atomic mass is 9.97. The van der Waals surface area contributed by atoms with Gasteiger partial charge in [-0.15, -0.1) is 5.10 Å². The molecule has 0 unspecified atom stereocenters. The molecule has 4 aromatic rings. The van der Waals surface area contributed by atoms with Gasteiger partial charge in [0.2, 0.25) is 0 Å². The summed E-state index contributed by atoms with van der Waals surface area (Å²) in [5.74, 6) is 0.685. The lowest BCUT2D eigenvalue weighted by Gasteiger charge is -2.31. The predicted molar refractivity (Wildman–Crippen MR) is 107 cm³/mol. The fraction of sp³-hybridized carbons (Fsp3) is 0.350. The number of nitrogens with zero attached hydrogens (tertiary/aromatic N) is 8. The zero-order valence-electron chi connectivity index (χ0n) is 16.3. The number of likely N-dealkylation sites (tertiary alicyclic amines) is 1. The molecule has 1 fully saturated rings. The van der Waals surface area contributed by atoms with Crippen molar-refractivity contribution in [2.75, 3.05) is 13.1 Å². The van der Waals surface area contributed by atoms with E-state index in [1.54, 1.807) is 27.5 Å². The Morgan fingerprint density at radius 3 is 2.77 bits per heavy atom. The lowest BCUT2D eigenvalue weighted by molar-refractivity contribution is 0.162. The quantitative estimate of drug-likeness (QED) is 0.498. The minimum Gasteiger partial charge on any atom is -0.304 e. The van der Waals surface area contributed by atoms with E-state index in [-0.39, 0.29) is 11.4 Å². The number of halogens is 1. The van der Waals surface area contributed by atoms with E-state index in [1.807, 2.05) is 6.20 Å². The van der Waals surface area contributed by atoms with Crippen LogP contribution in [-0.2, 0) is 13.1 Å². The Labute approximate surface area is 171 Å². The summed E-state index contributed by atoms with van der Waals surface area (Å²) in [6, 6.07) is 6.27. The van der Waals surface area contributed by atoms with E-state index < -0.39 is 0 Å². The minimum absolute atomic E-state index is 0.113. The molecule has 10 heteroatoms.